The third-order valence-electron chi connectivity index (χ3n) is 8.15. The molecular weight excluding hydrogens is 486 g/mol. The van der Waals surface area contributed by atoms with Crippen LogP contribution in [0.1, 0.15) is 44.6 Å². The van der Waals surface area contributed by atoms with E-state index in [4.69, 9.17) is 4.74 Å². The number of phenols is 1. The molecule has 8 nitrogen and oxygen atoms in total. The Hall–Kier alpha value is -3.49. The SMILES string of the molecule is CCC/C(=C\c1ccc(O)c2ccccc12)CC[C@H]1OC[C@H]2C1=C(CO)C[C@H]1C(=O)N(C(=O)OC)C(=O)[C@H]12. The van der Waals surface area contributed by atoms with Gasteiger partial charge >= 0.3 is 6.09 Å². The van der Waals surface area contributed by atoms with Crippen molar-refractivity contribution < 1.29 is 34.1 Å². The van der Waals surface area contributed by atoms with E-state index in [1.165, 1.54) is 5.57 Å². The third-order valence-corrected chi connectivity index (χ3v) is 8.15. The van der Waals surface area contributed by atoms with Crippen LogP contribution in [0, 0.1) is 17.8 Å². The number of carbonyl (C=O) groups is 3. The van der Waals surface area contributed by atoms with Gasteiger partial charge in [-0.2, -0.15) is 4.90 Å². The number of benzene rings is 2. The van der Waals surface area contributed by atoms with Crippen molar-refractivity contribution in [3.8, 4) is 5.75 Å². The van der Waals surface area contributed by atoms with Gasteiger partial charge in [-0.25, -0.2) is 4.79 Å². The first-order valence-electron chi connectivity index (χ1n) is 13.2. The number of aliphatic hydroxyl groups is 1. The van der Waals surface area contributed by atoms with Crippen LogP contribution in [-0.2, 0) is 19.1 Å². The topological polar surface area (TPSA) is 113 Å². The molecule has 8 heteroatoms. The van der Waals surface area contributed by atoms with Gasteiger partial charge in [-0.3, -0.25) is 9.59 Å². The van der Waals surface area contributed by atoms with Gasteiger partial charge in [-0.05, 0) is 53.8 Å². The predicted octanol–water partition coefficient (Wildman–Crippen LogP) is 4.58. The molecule has 2 saturated heterocycles. The number of rotatable bonds is 7. The normalized spacial score (nSPS) is 25.2. The molecule has 0 radical (unpaired) electrons. The van der Waals surface area contributed by atoms with Crippen molar-refractivity contribution in [2.75, 3.05) is 20.3 Å². The van der Waals surface area contributed by atoms with Gasteiger partial charge in [0.05, 0.1) is 38.3 Å². The van der Waals surface area contributed by atoms with Crippen LogP contribution in [0.4, 0.5) is 4.79 Å². The van der Waals surface area contributed by atoms with E-state index in [0.717, 1.165) is 53.9 Å². The fourth-order valence-corrected chi connectivity index (χ4v) is 6.45. The summed E-state index contributed by atoms with van der Waals surface area (Å²) in [6.07, 6.45) is 4.51. The number of fused-ring (bicyclic) bond motifs is 4. The highest BCUT2D eigenvalue weighted by Gasteiger charge is 2.58. The summed E-state index contributed by atoms with van der Waals surface area (Å²) < 4.78 is 10.9. The fraction of sp³-hybridized carbons (Fsp3) is 0.433. The van der Waals surface area contributed by atoms with Crippen molar-refractivity contribution in [2.24, 2.45) is 17.8 Å². The zero-order valence-electron chi connectivity index (χ0n) is 21.7. The van der Waals surface area contributed by atoms with E-state index >= 15 is 0 Å². The molecular formula is C30H33NO7. The number of phenolic OH excluding ortho intramolecular Hbond substituents is 1. The van der Waals surface area contributed by atoms with E-state index in [1.54, 1.807) is 6.07 Å². The molecule has 0 unspecified atom stereocenters. The molecule has 2 fully saturated rings. The molecule has 38 heavy (non-hydrogen) atoms. The Morgan fingerprint density at radius 3 is 2.58 bits per heavy atom. The van der Waals surface area contributed by atoms with E-state index in [-0.39, 0.29) is 37.4 Å². The molecule has 5 rings (SSSR count). The van der Waals surface area contributed by atoms with Gasteiger partial charge < -0.3 is 19.7 Å². The first-order chi connectivity index (χ1) is 18.4. The smallest absolute Gasteiger partial charge is 0.423 e. The second kappa shape index (κ2) is 10.7. The summed E-state index contributed by atoms with van der Waals surface area (Å²) in [7, 11) is 1.14. The maximum atomic E-state index is 13.1. The van der Waals surface area contributed by atoms with Gasteiger partial charge in [0.15, 0.2) is 0 Å². The Morgan fingerprint density at radius 2 is 1.87 bits per heavy atom. The van der Waals surface area contributed by atoms with Crippen LogP contribution in [0.5, 0.6) is 5.75 Å². The van der Waals surface area contributed by atoms with Crippen molar-refractivity contribution in [1.82, 2.24) is 4.90 Å². The Morgan fingerprint density at radius 1 is 1.11 bits per heavy atom. The quantitative estimate of drug-likeness (QED) is 0.406. The molecule has 2 aromatic rings. The molecule has 0 spiro atoms. The molecule has 3 aliphatic rings. The van der Waals surface area contributed by atoms with Gasteiger partial charge in [-0.1, -0.05) is 55.3 Å². The minimum absolute atomic E-state index is 0.217. The first-order valence-corrected chi connectivity index (χ1v) is 13.2. The van der Waals surface area contributed by atoms with Crippen LogP contribution in [0.3, 0.4) is 0 Å². The number of likely N-dealkylation sites (tertiary alicyclic amines) is 1. The molecule has 3 amide bonds. The van der Waals surface area contributed by atoms with Crippen LogP contribution in [0.15, 0.2) is 53.1 Å². The number of nitrogens with zero attached hydrogens (tertiary/aromatic N) is 1. The lowest BCUT2D eigenvalue weighted by molar-refractivity contribution is -0.137. The molecule has 4 atom stereocenters. The Balaban J connectivity index is 1.39. The van der Waals surface area contributed by atoms with Crippen molar-refractivity contribution in [3.05, 3.63) is 58.7 Å². The molecule has 200 valence electrons. The fourth-order valence-electron chi connectivity index (χ4n) is 6.45. The molecule has 2 N–H and O–H groups in total. The number of ether oxygens (including phenoxy) is 2. The Bertz CT molecular complexity index is 1340. The first kappa shape index (κ1) is 26.1. The highest BCUT2D eigenvalue weighted by Crippen LogP contribution is 2.50. The monoisotopic (exact) mass is 519 g/mol. The van der Waals surface area contributed by atoms with E-state index in [0.29, 0.717) is 11.3 Å². The number of methoxy groups -OCH3 is 1. The Kier molecular flexibility index (Phi) is 7.36. The minimum atomic E-state index is -0.965. The highest BCUT2D eigenvalue weighted by molar-refractivity contribution is 6.16. The average Bonchev–Trinajstić information content (AvgIpc) is 3.46. The van der Waals surface area contributed by atoms with Crippen LogP contribution in [0.25, 0.3) is 16.8 Å². The number of hydrogen-bond donors (Lipinski definition) is 2. The zero-order valence-corrected chi connectivity index (χ0v) is 21.7. The summed E-state index contributed by atoms with van der Waals surface area (Å²) in [4.78, 5) is 38.7. The average molecular weight is 520 g/mol. The lowest BCUT2D eigenvalue weighted by atomic mass is 9.69. The van der Waals surface area contributed by atoms with Crippen molar-refractivity contribution in [2.45, 2.75) is 45.1 Å². The molecule has 2 aliphatic heterocycles. The molecule has 0 saturated carbocycles. The summed E-state index contributed by atoms with van der Waals surface area (Å²) in [6, 6.07) is 11.4. The van der Waals surface area contributed by atoms with Gasteiger partial charge in [-0.15, -0.1) is 0 Å². The number of allylic oxidation sites excluding steroid dienone is 1. The van der Waals surface area contributed by atoms with Crippen molar-refractivity contribution in [1.29, 1.82) is 0 Å². The molecule has 2 aromatic carbocycles. The second-order valence-corrected chi connectivity index (χ2v) is 10.3. The number of amides is 3. The number of aromatic hydroxyl groups is 1. The second-order valence-electron chi connectivity index (χ2n) is 10.3. The summed E-state index contributed by atoms with van der Waals surface area (Å²) >= 11 is 0. The number of hydrogen-bond acceptors (Lipinski definition) is 7. The third kappa shape index (κ3) is 4.41. The lowest BCUT2D eigenvalue weighted by Gasteiger charge is -2.31. The van der Waals surface area contributed by atoms with E-state index in [1.807, 2.05) is 30.3 Å². The number of imide groups is 3. The largest absolute Gasteiger partial charge is 0.507 e. The number of carbonyl (C=O) groups excluding carboxylic acids is 3. The Labute approximate surface area is 221 Å². The molecule has 1 aliphatic carbocycles. The maximum Gasteiger partial charge on any atom is 0.423 e. The summed E-state index contributed by atoms with van der Waals surface area (Å²) in [5.74, 6) is -2.54. The van der Waals surface area contributed by atoms with Gasteiger partial charge in [0.25, 0.3) is 0 Å². The van der Waals surface area contributed by atoms with Crippen molar-refractivity contribution >= 4 is 34.8 Å². The molecule has 0 aromatic heterocycles. The highest BCUT2D eigenvalue weighted by atomic mass is 16.5. The van der Waals surface area contributed by atoms with E-state index < -0.39 is 29.7 Å². The van der Waals surface area contributed by atoms with Crippen LogP contribution in [-0.4, -0.2) is 59.4 Å². The summed E-state index contributed by atoms with van der Waals surface area (Å²) in [6.45, 7) is 2.19. The van der Waals surface area contributed by atoms with E-state index in [9.17, 15) is 24.6 Å². The van der Waals surface area contributed by atoms with Crippen LogP contribution >= 0.6 is 0 Å². The molecule has 0 bridgehead atoms. The van der Waals surface area contributed by atoms with Gasteiger partial charge in [0.2, 0.25) is 11.8 Å². The standard InChI is InChI=1S/C30H33NO7/c1-3-6-17(13-18-10-11-24(33)21-8-5-4-7-20(18)21)9-12-25-26-19(15-32)14-22-27(23(26)16-38-25)29(35)31(28(22)34)30(36)37-2/h4-5,7-8,10-11,13,22-23,25,27,32-33H,3,6,9,12,14-16H2,1-2H3/b17-13+/t22-,23+,25-,27-/m1/s1. The van der Waals surface area contributed by atoms with Crippen LogP contribution in [0.2, 0.25) is 0 Å². The summed E-state index contributed by atoms with van der Waals surface area (Å²) in [5, 5.41) is 22.2. The van der Waals surface area contributed by atoms with Crippen LogP contribution < -0.4 is 0 Å². The summed E-state index contributed by atoms with van der Waals surface area (Å²) in [5.41, 5.74) is 3.93. The predicted molar refractivity (Wildman–Crippen MR) is 141 cm³/mol. The maximum absolute atomic E-state index is 13.1. The van der Waals surface area contributed by atoms with Gasteiger partial charge in [0.1, 0.15) is 5.75 Å². The van der Waals surface area contributed by atoms with Crippen molar-refractivity contribution in [3.63, 3.8) is 0 Å². The minimum Gasteiger partial charge on any atom is -0.507 e. The lowest BCUT2D eigenvalue weighted by Crippen LogP contribution is -2.38. The van der Waals surface area contributed by atoms with E-state index in [2.05, 4.69) is 17.7 Å². The molecule has 2 heterocycles. The zero-order chi connectivity index (χ0) is 27.0. The number of aliphatic hydroxyl groups excluding tert-OH is 1. The van der Waals surface area contributed by atoms with Gasteiger partial charge in [0, 0.05) is 11.3 Å².